The minimum absolute atomic E-state index is 0.237. The Morgan fingerprint density at radius 3 is 2.55 bits per heavy atom. The molecule has 1 fully saturated rings. The van der Waals surface area contributed by atoms with Crippen molar-refractivity contribution in [2.24, 2.45) is 0 Å². The fraction of sp³-hybridized carbons (Fsp3) is 0.500. The van der Waals surface area contributed by atoms with Gasteiger partial charge in [-0.25, -0.2) is 4.68 Å². The van der Waals surface area contributed by atoms with Crippen molar-refractivity contribution in [3.05, 3.63) is 42.2 Å². The van der Waals surface area contributed by atoms with Crippen molar-refractivity contribution in [3.8, 4) is 5.69 Å². The number of β-amino-alcohol motifs (C(OH)–C–C–N with tert-alkyl or cyclic N) is 1. The molecule has 1 atom stereocenters. The molecule has 1 unspecified atom stereocenters. The quantitative estimate of drug-likeness (QED) is 0.890. The highest BCUT2D eigenvalue weighted by Gasteiger charge is 2.23. The molecular weight excluding hydrogens is 278 g/mol. The van der Waals surface area contributed by atoms with Gasteiger partial charge in [-0.05, 0) is 19.1 Å². The molecular formula is C16H23N5O. The molecule has 22 heavy (non-hydrogen) atoms. The maximum absolute atomic E-state index is 9.01. The monoisotopic (exact) mass is 301 g/mol. The SMILES string of the molecule is CC(c1cn(-c2ccccc2)nn1)N1CCN(CCO)CC1. The van der Waals surface area contributed by atoms with E-state index < -0.39 is 0 Å². The van der Waals surface area contributed by atoms with Gasteiger partial charge in [0, 0.05) is 32.7 Å². The second-order valence-corrected chi connectivity index (χ2v) is 5.70. The number of nitrogens with zero attached hydrogens (tertiary/aromatic N) is 5. The Morgan fingerprint density at radius 2 is 1.86 bits per heavy atom. The van der Waals surface area contributed by atoms with E-state index in [0.29, 0.717) is 0 Å². The van der Waals surface area contributed by atoms with Gasteiger partial charge in [-0.1, -0.05) is 23.4 Å². The Bertz CT molecular complexity index is 577. The zero-order valence-corrected chi connectivity index (χ0v) is 13.0. The third-order valence-electron chi connectivity index (χ3n) is 4.33. The number of hydrogen-bond acceptors (Lipinski definition) is 5. The minimum Gasteiger partial charge on any atom is -0.395 e. The van der Waals surface area contributed by atoms with E-state index in [1.165, 1.54) is 0 Å². The van der Waals surface area contributed by atoms with Gasteiger partial charge in [0.2, 0.25) is 0 Å². The number of aromatic nitrogens is 3. The molecule has 6 nitrogen and oxygen atoms in total. The lowest BCUT2D eigenvalue weighted by atomic mass is 10.2. The van der Waals surface area contributed by atoms with Crippen molar-refractivity contribution < 1.29 is 5.11 Å². The average Bonchev–Trinajstić information content (AvgIpc) is 3.06. The highest BCUT2D eigenvalue weighted by molar-refractivity contribution is 5.30. The van der Waals surface area contributed by atoms with Crippen LogP contribution in [0.4, 0.5) is 0 Å². The lowest BCUT2D eigenvalue weighted by Gasteiger charge is -2.37. The van der Waals surface area contributed by atoms with Crippen LogP contribution in [-0.2, 0) is 0 Å². The predicted molar refractivity (Wildman–Crippen MR) is 84.9 cm³/mol. The summed E-state index contributed by atoms with van der Waals surface area (Å²) in [4.78, 5) is 4.72. The summed E-state index contributed by atoms with van der Waals surface area (Å²) in [5, 5.41) is 17.6. The van der Waals surface area contributed by atoms with E-state index in [1.54, 1.807) is 0 Å². The molecule has 1 aliphatic rings. The molecule has 1 saturated heterocycles. The first-order valence-corrected chi connectivity index (χ1v) is 7.83. The van der Waals surface area contributed by atoms with Crippen LogP contribution in [0.5, 0.6) is 0 Å². The average molecular weight is 301 g/mol. The van der Waals surface area contributed by atoms with Crippen LogP contribution < -0.4 is 0 Å². The molecule has 1 N–H and O–H groups in total. The van der Waals surface area contributed by atoms with Gasteiger partial charge in [-0.3, -0.25) is 9.80 Å². The zero-order valence-electron chi connectivity index (χ0n) is 13.0. The van der Waals surface area contributed by atoms with Crippen LogP contribution in [0.3, 0.4) is 0 Å². The topological polar surface area (TPSA) is 57.4 Å². The second-order valence-electron chi connectivity index (χ2n) is 5.70. The van der Waals surface area contributed by atoms with E-state index in [1.807, 2.05) is 41.2 Å². The van der Waals surface area contributed by atoms with E-state index in [2.05, 4.69) is 27.0 Å². The van der Waals surface area contributed by atoms with E-state index in [9.17, 15) is 0 Å². The molecule has 1 aliphatic heterocycles. The summed E-state index contributed by atoms with van der Waals surface area (Å²) < 4.78 is 1.83. The molecule has 2 heterocycles. The Balaban J connectivity index is 1.64. The molecule has 118 valence electrons. The van der Waals surface area contributed by atoms with Gasteiger partial charge >= 0.3 is 0 Å². The highest BCUT2D eigenvalue weighted by Crippen LogP contribution is 2.20. The van der Waals surface area contributed by atoms with Crippen LogP contribution in [-0.4, -0.2) is 69.2 Å². The summed E-state index contributed by atoms with van der Waals surface area (Å²) in [6.45, 7) is 7.18. The Morgan fingerprint density at radius 1 is 1.14 bits per heavy atom. The van der Waals surface area contributed by atoms with E-state index in [0.717, 1.165) is 44.1 Å². The van der Waals surface area contributed by atoms with Gasteiger partial charge in [0.25, 0.3) is 0 Å². The molecule has 0 bridgehead atoms. The summed E-state index contributed by atoms with van der Waals surface area (Å²) in [6.07, 6.45) is 2.01. The summed E-state index contributed by atoms with van der Waals surface area (Å²) in [5.74, 6) is 0. The summed E-state index contributed by atoms with van der Waals surface area (Å²) in [5.41, 5.74) is 2.03. The van der Waals surface area contributed by atoms with Crippen molar-refractivity contribution in [1.82, 2.24) is 24.8 Å². The van der Waals surface area contributed by atoms with Crippen LogP contribution >= 0.6 is 0 Å². The third-order valence-corrected chi connectivity index (χ3v) is 4.33. The number of rotatable bonds is 5. The van der Waals surface area contributed by atoms with Crippen LogP contribution in [0.25, 0.3) is 5.69 Å². The normalized spacial score (nSPS) is 18.5. The fourth-order valence-corrected chi connectivity index (χ4v) is 2.88. The van der Waals surface area contributed by atoms with Crippen molar-refractivity contribution in [2.45, 2.75) is 13.0 Å². The number of para-hydroxylation sites is 1. The lowest BCUT2D eigenvalue weighted by molar-refractivity contribution is 0.0875. The maximum atomic E-state index is 9.01. The summed E-state index contributed by atoms with van der Waals surface area (Å²) >= 11 is 0. The summed E-state index contributed by atoms with van der Waals surface area (Å²) in [7, 11) is 0. The van der Waals surface area contributed by atoms with Gasteiger partial charge in [0.15, 0.2) is 0 Å². The second kappa shape index (κ2) is 7.00. The largest absolute Gasteiger partial charge is 0.395 e. The highest BCUT2D eigenvalue weighted by atomic mass is 16.3. The summed E-state index contributed by atoms with van der Waals surface area (Å²) in [6, 6.07) is 10.3. The molecule has 0 amide bonds. The van der Waals surface area contributed by atoms with Gasteiger partial charge in [-0.15, -0.1) is 5.10 Å². The van der Waals surface area contributed by atoms with E-state index in [4.69, 9.17) is 5.11 Å². The fourth-order valence-electron chi connectivity index (χ4n) is 2.88. The van der Waals surface area contributed by atoms with E-state index in [-0.39, 0.29) is 12.6 Å². The minimum atomic E-state index is 0.237. The molecule has 0 spiro atoms. The molecule has 1 aromatic carbocycles. The van der Waals surface area contributed by atoms with Crippen molar-refractivity contribution in [2.75, 3.05) is 39.3 Å². The van der Waals surface area contributed by atoms with Crippen LogP contribution in [0.15, 0.2) is 36.5 Å². The van der Waals surface area contributed by atoms with Crippen molar-refractivity contribution in [3.63, 3.8) is 0 Å². The van der Waals surface area contributed by atoms with Gasteiger partial charge in [0.05, 0.1) is 30.2 Å². The van der Waals surface area contributed by atoms with E-state index >= 15 is 0 Å². The van der Waals surface area contributed by atoms with Gasteiger partial charge in [-0.2, -0.15) is 0 Å². The Labute approximate surface area is 131 Å². The molecule has 0 saturated carbocycles. The number of benzene rings is 1. The molecule has 1 aromatic heterocycles. The smallest absolute Gasteiger partial charge is 0.1000 e. The zero-order chi connectivity index (χ0) is 15.4. The number of aliphatic hydroxyl groups excluding tert-OH is 1. The predicted octanol–water partition coefficient (Wildman–Crippen LogP) is 0.938. The van der Waals surface area contributed by atoms with Crippen LogP contribution in [0, 0.1) is 0 Å². The van der Waals surface area contributed by atoms with Crippen molar-refractivity contribution in [1.29, 1.82) is 0 Å². The Hall–Kier alpha value is -1.76. The van der Waals surface area contributed by atoms with Gasteiger partial charge < -0.3 is 5.11 Å². The number of hydrogen-bond donors (Lipinski definition) is 1. The number of piperazine rings is 1. The lowest BCUT2D eigenvalue weighted by Crippen LogP contribution is -2.47. The van der Waals surface area contributed by atoms with Crippen LogP contribution in [0.2, 0.25) is 0 Å². The van der Waals surface area contributed by atoms with Crippen LogP contribution in [0.1, 0.15) is 18.7 Å². The number of aliphatic hydroxyl groups is 1. The molecule has 3 rings (SSSR count). The first-order chi connectivity index (χ1) is 10.8. The third kappa shape index (κ3) is 3.35. The first kappa shape index (κ1) is 15.1. The molecule has 0 radical (unpaired) electrons. The first-order valence-electron chi connectivity index (χ1n) is 7.83. The standard InChI is InChI=1S/C16H23N5O/c1-14(20-9-7-19(8-10-20)11-12-22)16-13-21(18-17-16)15-5-3-2-4-6-15/h2-6,13-14,22H,7-12H2,1H3. The van der Waals surface area contributed by atoms with Gasteiger partial charge in [0.1, 0.15) is 0 Å². The van der Waals surface area contributed by atoms with Crippen molar-refractivity contribution >= 4 is 0 Å². The Kier molecular flexibility index (Phi) is 4.82. The molecule has 2 aromatic rings. The maximum Gasteiger partial charge on any atom is 0.1000 e. The molecule has 0 aliphatic carbocycles. The molecule has 6 heteroatoms.